The van der Waals surface area contributed by atoms with Crippen molar-refractivity contribution in [2.45, 2.75) is 11.8 Å². The molecule has 0 amide bonds. The average molecular weight is 503 g/mol. The fourth-order valence-corrected chi connectivity index (χ4v) is 4.77. The molecule has 1 fully saturated rings. The molecular formula is C20H25F3N6O2S2. The van der Waals surface area contributed by atoms with E-state index in [4.69, 9.17) is 15.8 Å². The van der Waals surface area contributed by atoms with Crippen LogP contribution >= 0.6 is 11.9 Å². The van der Waals surface area contributed by atoms with Gasteiger partial charge in [-0.3, -0.25) is 4.18 Å². The van der Waals surface area contributed by atoms with Crippen LogP contribution in [-0.4, -0.2) is 57.2 Å². The predicted octanol–water partition coefficient (Wildman–Crippen LogP) is 2.89. The number of nitrogens with two attached hydrogens (primary N) is 2. The van der Waals surface area contributed by atoms with E-state index in [1.54, 1.807) is 36.2 Å². The first-order valence-electron chi connectivity index (χ1n) is 9.73. The number of amidine groups is 1. The van der Waals surface area contributed by atoms with E-state index < -0.39 is 28.4 Å². The number of nitrogens with zero attached hydrogens (tertiary/aromatic N) is 3. The highest BCUT2D eigenvalue weighted by atomic mass is 32.2. The molecule has 0 saturated carbocycles. The van der Waals surface area contributed by atoms with Gasteiger partial charge in [0.25, 0.3) is 0 Å². The molecule has 0 radical (unpaired) electrons. The molecule has 0 aliphatic carbocycles. The summed E-state index contributed by atoms with van der Waals surface area (Å²) in [5.74, 6) is 6.16. The Hall–Kier alpha value is -2.32. The van der Waals surface area contributed by atoms with Crippen LogP contribution in [0.5, 0.6) is 0 Å². The van der Waals surface area contributed by atoms with Crippen molar-refractivity contribution in [2.75, 3.05) is 37.5 Å². The Labute approximate surface area is 196 Å². The van der Waals surface area contributed by atoms with Gasteiger partial charge in [0, 0.05) is 36.3 Å². The number of hydrogen-bond acceptors (Lipinski definition) is 8. The van der Waals surface area contributed by atoms with Crippen LogP contribution in [-0.2, 0) is 21.4 Å². The van der Waals surface area contributed by atoms with Crippen LogP contribution in [0.25, 0.3) is 0 Å². The normalized spacial score (nSPS) is 17.3. The second-order valence-corrected chi connectivity index (χ2v) is 9.33. The molecule has 33 heavy (non-hydrogen) atoms. The van der Waals surface area contributed by atoms with Crippen LogP contribution in [0.3, 0.4) is 0 Å². The Kier molecular flexibility index (Phi) is 7.90. The number of alkyl halides is 3. The molecule has 180 valence electrons. The predicted molar refractivity (Wildman–Crippen MR) is 126 cm³/mol. The van der Waals surface area contributed by atoms with Crippen molar-refractivity contribution >= 4 is 40.2 Å². The highest BCUT2D eigenvalue weighted by molar-refractivity contribution is 7.96. The lowest BCUT2D eigenvalue weighted by atomic mass is 9.97. The topological polar surface area (TPSA) is 109 Å². The van der Waals surface area contributed by atoms with E-state index in [2.05, 4.69) is 10.4 Å². The van der Waals surface area contributed by atoms with Crippen LogP contribution < -0.4 is 16.9 Å². The van der Waals surface area contributed by atoms with Gasteiger partial charge in [0.2, 0.25) is 0 Å². The SMILES string of the molecule is CSN1CC(CN(N)/N=C(\N)c2ccccc2Nc2ccc(C(F)(F)F)cc2)(OS(C)=O)C1. The molecule has 1 saturated heterocycles. The minimum atomic E-state index is -4.41. The van der Waals surface area contributed by atoms with Gasteiger partial charge < -0.3 is 11.1 Å². The average Bonchev–Trinajstić information content (AvgIpc) is 2.71. The largest absolute Gasteiger partial charge is 0.416 e. The van der Waals surface area contributed by atoms with Crippen LogP contribution in [0.2, 0.25) is 0 Å². The van der Waals surface area contributed by atoms with Crippen molar-refractivity contribution in [2.24, 2.45) is 16.7 Å². The number of nitrogens with one attached hydrogen (secondary N) is 1. The van der Waals surface area contributed by atoms with E-state index in [0.717, 1.165) is 17.3 Å². The summed E-state index contributed by atoms with van der Waals surface area (Å²) < 4.78 is 57.7. The number of anilines is 2. The summed E-state index contributed by atoms with van der Waals surface area (Å²) in [6, 6.07) is 11.6. The van der Waals surface area contributed by atoms with Crippen molar-refractivity contribution < 1.29 is 21.6 Å². The monoisotopic (exact) mass is 502 g/mol. The van der Waals surface area contributed by atoms with Crippen molar-refractivity contribution in [1.29, 1.82) is 0 Å². The van der Waals surface area contributed by atoms with E-state index in [-0.39, 0.29) is 12.4 Å². The smallest absolute Gasteiger partial charge is 0.382 e. The number of hydrazine groups is 1. The molecule has 2 aromatic rings. The molecule has 1 heterocycles. The van der Waals surface area contributed by atoms with Crippen LogP contribution in [0.1, 0.15) is 11.1 Å². The summed E-state index contributed by atoms with van der Waals surface area (Å²) in [5, 5.41) is 8.43. The zero-order chi connectivity index (χ0) is 24.2. The zero-order valence-corrected chi connectivity index (χ0v) is 19.6. The zero-order valence-electron chi connectivity index (χ0n) is 18.0. The maximum atomic E-state index is 12.8. The molecule has 3 rings (SSSR count). The molecule has 2 aromatic carbocycles. The lowest BCUT2D eigenvalue weighted by Crippen LogP contribution is -2.65. The molecule has 0 bridgehead atoms. The highest BCUT2D eigenvalue weighted by Crippen LogP contribution is 2.32. The second-order valence-electron chi connectivity index (χ2n) is 7.48. The number of rotatable bonds is 9. The molecule has 13 heteroatoms. The lowest BCUT2D eigenvalue weighted by Gasteiger charge is -2.48. The van der Waals surface area contributed by atoms with E-state index in [9.17, 15) is 17.4 Å². The number of benzene rings is 2. The third-order valence-corrected chi connectivity index (χ3v) is 6.22. The fourth-order valence-electron chi connectivity index (χ4n) is 3.39. The fraction of sp³-hybridized carbons (Fsp3) is 0.350. The first kappa shape index (κ1) is 25.3. The molecule has 1 atom stereocenters. The molecule has 5 N–H and O–H groups in total. The van der Waals surface area contributed by atoms with Crippen molar-refractivity contribution in [3.63, 3.8) is 0 Å². The second kappa shape index (κ2) is 10.3. The van der Waals surface area contributed by atoms with Gasteiger partial charge in [-0.2, -0.15) is 13.2 Å². The van der Waals surface area contributed by atoms with E-state index in [0.29, 0.717) is 30.0 Å². The Bertz CT molecular complexity index is 1010. The Morgan fingerprint density at radius 1 is 1.27 bits per heavy atom. The van der Waals surface area contributed by atoms with Gasteiger partial charge in [-0.15, -0.1) is 5.10 Å². The first-order chi connectivity index (χ1) is 15.5. The Morgan fingerprint density at radius 3 is 2.48 bits per heavy atom. The van der Waals surface area contributed by atoms with Gasteiger partial charge >= 0.3 is 6.18 Å². The summed E-state index contributed by atoms with van der Waals surface area (Å²) in [7, 11) is 0. The van der Waals surface area contributed by atoms with E-state index in [1.165, 1.54) is 18.4 Å². The van der Waals surface area contributed by atoms with Crippen LogP contribution in [0, 0.1) is 0 Å². The molecule has 8 nitrogen and oxygen atoms in total. The molecule has 0 spiro atoms. The van der Waals surface area contributed by atoms with Crippen molar-refractivity contribution in [1.82, 2.24) is 9.42 Å². The summed E-state index contributed by atoms with van der Waals surface area (Å²) in [6.07, 6.45) is -1.02. The summed E-state index contributed by atoms with van der Waals surface area (Å²) in [4.78, 5) is 0. The van der Waals surface area contributed by atoms with Crippen molar-refractivity contribution in [3.8, 4) is 0 Å². The third kappa shape index (κ3) is 6.60. The first-order valence-corrected chi connectivity index (χ1v) is 12.4. The van der Waals surface area contributed by atoms with Crippen LogP contribution in [0.15, 0.2) is 53.6 Å². The van der Waals surface area contributed by atoms with Crippen LogP contribution in [0.4, 0.5) is 24.5 Å². The molecular weight excluding hydrogens is 477 g/mol. The molecule has 1 aliphatic heterocycles. The summed E-state index contributed by atoms with van der Waals surface area (Å²) in [6.45, 7) is 1.23. The Morgan fingerprint density at radius 2 is 1.91 bits per heavy atom. The van der Waals surface area contributed by atoms with Crippen molar-refractivity contribution in [3.05, 3.63) is 59.7 Å². The molecule has 1 aliphatic rings. The number of hydrogen-bond donors (Lipinski definition) is 3. The lowest BCUT2D eigenvalue weighted by molar-refractivity contribution is -0.137. The summed E-state index contributed by atoms with van der Waals surface area (Å²) in [5.41, 5.74) is 6.23. The van der Waals surface area contributed by atoms with Gasteiger partial charge in [0.1, 0.15) is 5.60 Å². The maximum absolute atomic E-state index is 12.8. The van der Waals surface area contributed by atoms with E-state index >= 15 is 0 Å². The molecule has 0 aromatic heterocycles. The number of para-hydroxylation sites is 1. The highest BCUT2D eigenvalue weighted by Gasteiger charge is 2.47. The van der Waals surface area contributed by atoms with Gasteiger partial charge in [-0.05, 0) is 42.7 Å². The Balaban J connectivity index is 1.74. The van der Waals surface area contributed by atoms with E-state index in [1.807, 2.05) is 10.6 Å². The number of halogens is 3. The minimum absolute atomic E-state index is 0.0985. The number of hydrazone groups is 1. The van der Waals surface area contributed by atoms with Gasteiger partial charge in [-0.1, -0.05) is 24.1 Å². The molecule has 1 unspecified atom stereocenters. The van der Waals surface area contributed by atoms with Gasteiger partial charge in [0.15, 0.2) is 16.9 Å². The standard InChI is InChI=1S/C20H25F3N6O2S2/c1-32-28-11-19(12-28,31-33(2)30)13-29(25)27-18(24)16-5-3-4-6-17(16)26-15-9-7-14(8-10-15)20(21,22)23/h3-10,26H,11-13,25H2,1-2H3,(H2,24,27). The van der Waals surface area contributed by atoms with Gasteiger partial charge in [-0.25, -0.2) is 19.5 Å². The summed E-state index contributed by atoms with van der Waals surface area (Å²) >= 11 is 0.0700. The van der Waals surface area contributed by atoms with Gasteiger partial charge in [0.05, 0.1) is 12.1 Å². The quantitative estimate of drug-likeness (QED) is 0.158. The minimum Gasteiger partial charge on any atom is -0.382 e. The maximum Gasteiger partial charge on any atom is 0.416 e. The third-order valence-electron chi connectivity index (χ3n) is 4.86.